The van der Waals surface area contributed by atoms with Crippen LogP contribution in [0.3, 0.4) is 0 Å². The van der Waals surface area contributed by atoms with Crippen LogP contribution in [-0.2, 0) is 0 Å². The van der Waals surface area contributed by atoms with Crippen molar-refractivity contribution in [3.8, 4) is 5.75 Å². The molecule has 0 aliphatic rings. The molecule has 2 aromatic rings. The van der Waals surface area contributed by atoms with Gasteiger partial charge in [-0.3, -0.25) is 14.9 Å². The fourth-order valence-corrected chi connectivity index (χ4v) is 1.43. The number of non-ortho nitro benzene ring substituents is 1. The van der Waals surface area contributed by atoms with Gasteiger partial charge in [0.25, 0.3) is 11.6 Å². The van der Waals surface area contributed by atoms with Crippen LogP contribution in [0.1, 0.15) is 10.5 Å². The maximum atomic E-state index is 11.7. The highest BCUT2D eigenvalue weighted by Crippen LogP contribution is 2.17. The lowest BCUT2D eigenvalue weighted by atomic mass is 10.3. The number of nitro benzene ring substituents is 1. The van der Waals surface area contributed by atoms with Crippen molar-refractivity contribution >= 4 is 11.6 Å². The molecule has 1 heterocycles. The molecule has 19 heavy (non-hydrogen) atoms. The van der Waals surface area contributed by atoms with Crippen LogP contribution in [0.25, 0.3) is 0 Å². The summed E-state index contributed by atoms with van der Waals surface area (Å²) in [6, 6.07) is 7.24. The van der Waals surface area contributed by atoms with Gasteiger partial charge in [0.2, 0.25) is 0 Å². The molecule has 0 saturated carbocycles. The summed E-state index contributed by atoms with van der Waals surface area (Å²) in [5.41, 5.74) is 0.713. The average molecular weight is 261 g/mol. The van der Waals surface area contributed by atoms with Gasteiger partial charge in [-0.25, -0.2) is 4.68 Å². The first-order valence-electron chi connectivity index (χ1n) is 5.49. The Bertz CT molecular complexity index is 604. The van der Waals surface area contributed by atoms with Crippen molar-refractivity contribution in [2.45, 2.75) is 6.92 Å². The molecule has 0 aliphatic heterocycles. The molecule has 0 atom stereocenters. The normalized spacial score (nSPS) is 10.2. The van der Waals surface area contributed by atoms with Gasteiger partial charge in [0.05, 0.1) is 10.6 Å². The number of nitrogens with zero attached hydrogens (tertiary/aromatic N) is 3. The molecule has 7 heteroatoms. The third-order valence-corrected chi connectivity index (χ3v) is 2.39. The molecule has 98 valence electrons. The van der Waals surface area contributed by atoms with Crippen molar-refractivity contribution in [1.29, 1.82) is 0 Å². The van der Waals surface area contributed by atoms with E-state index >= 15 is 0 Å². The highest BCUT2D eigenvalue weighted by Gasteiger charge is 2.08. The van der Waals surface area contributed by atoms with Crippen molar-refractivity contribution in [3.63, 3.8) is 0 Å². The fraction of sp³-hybridized carbons (Fsp3) is 0.167. The summed E-state index contributed by atoms with van der Waals surface area (Å²) in [6.45, 7) is 1.60. The monoisotopic (exact) mass is 261 g/mol. The number of rotatable bonds is 4. The zero-order chi connectivity index (χ0) is 13.8. The minimum absolute atomic E-state index is 0.0265. The van der Waals surface area contributed by atoms with Crippen LogP contribution in [0.2, 0.25) is 0 Å². The lowest BCUT2D eigenvalue weighted by molar-refractivity contribution is -0.384. The van der Waals surface area contributed by atoms with Gasteiger partial charge in [-0.15, -0.1) is 0 Å². The van der Waals surface area contributed by atoms with Crippen LogP contribution in [0.5, 0.6) is 5.75 Å². The van der Waals surface area contributed by atoms with E-state index in [0.717, 1.165) is 5.69 Å². The summed E-state index contributed by atoms with van der Waals surface area (Å²) in [4.78, 5) is 21.6. The smallest absolute Gasteiger partial charge is 0.284 e. The molecule has 0 bridgehead atoms. The van der Waals surface area contributed by atoms with Crippen molar-refractivity contribution in [1.82, 2.24) is 9.78 Å². The highest BCUT2D eigenvalue weighted by molar-refractivity contribution is 5.79. The predicted octanol–water partition coefficient (Wildman–Crippen LogP) is 1.82. The number of benzene rings is 1. The van der Waals surface area contributed by atoms with Gasteiger partial charge in [0, 0.05) is 18.3 Å². The van der Waals surface area contributed by atoms with Gasteiger partial charge < -0.3 is 4.74 Å². The van der Waals surface area contributed by atoms with Gasteiger partial charge in [-0.2, -0.15) is 5.10 Å². The Kier molecular flexibility index (Phi) is 3.56. The Morgan fingerprint density at radius 1 is 1.37 bits per heavy atom. The third-order valence-electron chi connectivity index (χ3n) is 2.39. The van der Waals surface area contributed by atoms with Gasteiger partial charge in [-0.05, 0) is 25.1 Å². The average Bonchev–Trinajstić information content (AvgIpc) is 2.83. The third kappa shape index (κ3) is 3.15. The number of hydrogen-bond donors (Lipinski definition) is 0. The molecule has 7 nitrogen and oxygen atoms in total. The Balaban J connectivity index is 1.95. The SMILES string of the molecule is Cc1ccn(C(=O)COc2ccc([N+](=O)[O-])cc2)n1. The predicted molar refractivity (Wildman–Crippen MR) is 66.2 cm³/mol. The van der Waals surface area contributed by atoms with Gasteiger partial charge >= 0.3 is 0 Å². The zero-order valence-corrected chi connectivity index (χ0v) is 10.1. The minimum atomic E-state index is -0.499. The number of hydrogen-bond acceptors (Lipinski definition) is 5. The molecule has 0 N–H and O–H groups in total. The maximum Gasteiger partial charge on any atom is 0.284 e. The number of carbonyl (C=O) groups excluding carboxylic acids is 1. The first kappa shape index (κ1) is 12.7. The van der Waals surface area contributed by atoms with E-state index in [-0.39, 0.29) is 18.2 Å². The van der Waals surface area contributed by atoms with E-state index in [4.69, 9.17) is 4.74 Å². The van der Waals surface area contributed by atoms with Crippen LogP contribution in [0.4, 0.5) is 5.69 Å². The molecule has 2 rings (SSSR count). The Morgan fingerprint density at radius 3 is 2.58 bits per heavy atom. The van der Waals surface area contributed by atoms with E-state index in [1.165, 1.54) is 28.9 Å². The lowest BCUT2D eigenvalue weighted by Crippen LogP contribution is -2.19. The second-order valence-electron chi connectivity index (χ2n) is 3.84. The standard InChI is InChI=1S/C12H11N3O4/c1-9-6-7-14(13-9)12(16)8-19-11-4-2-10(3-5-11)15(17)18/h2-7H,8H2,1H3. The summed E-state index contributed by atoms with van der Waals surface area (Å²) in [7, 11) is 0. The number of nitro groups is 1. The molecule has 0 unspecified atom stereocenters. The molecule has 0 fully saturated rings. The summed E-state index contributed by atoms with van der Waals surface area (Å²) < 4.78 is 6.43. The summed E-state index contributed by atoms with van der Waals surface area (Å²) in [6.07, 6.45) is 1.55. The summed E-state index contributed by atoms with van der Waals surface area (Å²) in [5, 5.41) is 14.4. The van der Waals surface area contributed by atoms with E-state index in [1.807, 2.05) is 0 Å². The quantitative estimate of drug-likeness (QED) is 0.618. The molecule has 0 radical (unpaired) electrons. The minimum Gasteiger partial charge on any atom is -0.484 e. The van der Waals surface area contributed by atoms with Gasteiger partial charge in [0.15, 0.2) is 6.61 Å². The van der Waals surface area contributed by atoms with E-state index < -0.39 is 4.92 Å². The first-order chi connectivity index (χ1) is 9.06. The molecular formula is C12H11N3O4. The molecular weight excluding hydrogens is 250 g/mol. The molecule has 1 aromatic carbocycles. The fourth-order valence-electron chi connectivity index (χ4n) is 1.43. The largest absolute Gasteiger partial charge is 0.484 e. The van der Waals surface area contributed by atoms with Crippen LogP contribution >= 0.6 is 0 Å². The first-order valence-corrected chi connectivity index (χ1v) is 5.49. The summed E-state index contributed by atoms with van der Waals surface area (Å²) >= 11 is 0. The molecule has 0 spiro atoms. The molecule has 0 amide bonds. The summed E-state index contributed by atoms with van der Waals surface area (Å²) in [5.74, 6) is 0.0780. The van der Waals surface area contributed by atoms with Crippen molar-refractivity contribution < 1.29 is 14.5 Å². The van der Waals surface area contributed by atoms with Crippen LogP contribution < -0.4 is 4.74 Å². The maximum absolute atomic E-state index is 11.7. The Hall–Kier alpha value is -2.70. The van der Waals surface area contributed by atoms with Gasteiger partial charge in [0.1, 0.15) is 5.75 Å². The second-order valence-corrected chi connectivity index (χ2v) is 3.84. The molecule has 0 aliphatic carbocycles. The van der Waals surface area contributed by atoms with E-state index in [2.05, 4.69) is 5.10 Å². The van der Waals surface area contributed by atoms with E-state index in [9.17, 15) is 14.9 Å². The van der Waals surface area contributed by atoms with Crippen molar-refractivity contribution in [2.24, 2.45) is 0 Å². The molecule has 1 aromatic heterocycles. The Morgan fingerprint density at radius 2 is 2.05 bits per heavy atom. The Labute approximate surface area is 108 Å². The number of aromatic nitrogens is 2. The van der Waals surface area contributed by atoms with E-state index in [1.54, 1.807) is 19.2 Å². The number of carbonyl (C=O) groups is 1. The number of aryl methyl sites for hydroxylation is 1. The van der Waals surface area contributed by atoms with E-state index in [0.29, 0.717) is 5.75 Å². The number of ether oxygens (including phenoxy) is 1. The topological polar surface area (TPSA) is 87.3 Å². The zero-order valence-electron chi connectivity index (χ0n) is 10.1. The van der Waals surface area contributed by atoms with Crippen LogP contribution in [0.15, 0.2) is 36.5 Å². The van der Waals surface area contributed by atoms with Crippen LogP contribution in [0, 0.1) is 17.0 Å². The van der Waals surface area contributed by atoms with Crippen molar-refractivity contribution in [2.75, 3.05) is 6.61 Å². The second kappa shape index (κ2) is 5.30. The lowest BCUT2D eigenvalue weighted by Gasteiger charge is -2.04. The van der Waals surface area contributed by atoms with Crippen LogP contribution in [-0.4, -0.2) is 27.2 Å². The molecule has 0 saturated heterocycles. The highest BCUT2D eigenvalue weighted by atomic mass is 16.6. The van der Waals surface area contributed by atoms with Crippen molar-refractivity contribution in [3.05, 3.63) is 52.3 Å². The van der Waals surface area contributed by atoms with Gasteiger partial charge in [-0.1, -0.05) is 0 Å².